The third-order valence-electron chi connectivity index (χ3n) is 4.16. The van der Waals surface area contributed by atoms with E-state index in [4.69, 9.17) is 16.9 Å². The lowest BCUT2D eigenvalue weighted by Crippen LogP contribution is -2.04. The number of nitrogens with zero attached hydrogens (tertiary/aromatic N) is 2. The predicted molar refractivity (Wildman–Crippen MR) is 93.4 cm³/mol. The quantitative estimate of drug-likeness (QED) is 0.524. The Labute approximate surface area is 146 Å². The lowest BCUT2D eigenvalue weighted by molar-refractivity contribution is 0.101. The number of ketones is 1. The highest BCUT2D eigenvalue weighted by molar-refractivity contribution is 6.35. The molecule has 5 heteroatoms. The standard InChI is InChI=1S/C19H20ClFN2O/c1-12-8-9-15(11-16(12)21)23-13(2)18(14(3)24)19(20)17(23)7-5-4-6-10-22/h8-9,11H,4-7H2,1-3H3. The van der Waals surface area contributed by atoms with Gasteiger partial charge in [0.15, 0.2) is 5.78 Å². The fraction of sp³-hybridized carbons (Fsp3) is 0.368. The van der Waals surface area contributed by atoms with Crippen molar-refractivity contribution in [3.8, 4) is 11.8 Å². The molecule has 1 heterocycles. The van der Waals surface area contributed by atoms with E-state index in [-0.39, 0.29) is 11.6 Å². The Morgan fingerprint density at radius 1 is 1.33 bits per heavy atom. The van der Waals surface area contributed by atoms with Crippen molar-refractivity contribution in [1.82, 2.24) is 4.57 Å². The Bertz CT molecular complexity index is 818. The number of hydrogen-bond acceptors (Lipinski definition) is 2. The molecule has 2 rings (SSSR count). The van der Waals surface area contributed by atoms with E-state index >= 15 is 0 Å². The molecular formula is C19H20ClFN2O. The lowest BCUT2D eigenvalue weighted by Gasteiger charge is -2.13. The summed E-state index contributed by atoms with van der Waals surface area (Å²) in [6.45, 7) is 5.01. The molecule has 0 N–H and O–H groups in total. The smallest absolute Gasteiger partial charge is 0.163 e. The van der Waals surface area contributed by atoms with E-state index in [9.17, 15) is 9.18 Å². The van der Waals surface area contributed by atoms with Gasteiger partial charge in [0.25, 0.3) is 0 Å². The minimum Gasteiger partial charge on any atom is -0.316 e. The summed E-state index contributed by atoms with van der Waals surface area (Å²) in [4.78, 5) is 12.0. The molecule has 0 fully saturated rings. The maximum Gasteiger partial charge on any atom is 0.163 e. The monoisotopic (exact) mass is 346 g/mol. The van der Waals surface area contributed by atoms with Gasteiger partial charge in [-0.05, 0) is 57.7 Å². The van der Waals surface area contributed by atoms with Gasteiger partial charge in [0, 0.05) is 23.5 Å². The molecule has 24 heavy (non-hydrogen) atoms. The average molecular weight is 347 g/mol. The first-order chi connectivity index (χ1) is 11.4. The van der Waals surface area contributed by atoms with Crippen molar-refractivity contribution in [1.29, 1.82) is 5.26 Å². The summed E-state index contributed by atoms with van der Waals surface area (Å²) in [5, 5.41) is 9.09. The van der Waals surface area contributed by atoms with Crippen molar-refractivity contribution < 1.29 is 9.18 Å². The molecule has 1 aromatic heterocycles. The van der Waals surface area contributed by atoms with Crippen LogP contribution >= 0.6 is 11.6 Å². The van der Waals surface area contributed by atoms with Gasteiger partial charge in [0.05, 0.1) is 16.7 Å². The number of aryl methyl sites for hydroxylation is 1. The van der Waals surface area contributed by atoms with Crippen LogP contribution in [0.3, 0.4) is 0 Å². The van der Waals surface area contributed by atoms with Crippen molar-refractivity contribution in [3.05, 3.63) is 51.6 Å². The van der Waals surface area contributed by atoms with Crippen LogP contribution in [0.25, 0.3) is 5.69 Å². The number of rotatable bonds is 6. The van der Waals surface area contributed by atoms with Crippen molar-refractivity contribution in [2.24, 2.45) is 0 Å². The molecule has 0 amide bonds. The molecular weight excluding hydrogens is 327 g/mol. The predicted octanol–water partition coefficient (Wildman–Crippen LogP) is 5.33. The van der Waals surface area contributed by atoms with Gasteiger partial charge >= 0.3 is 0 Å². The van der Waals surface area contributed by atoms with Crippen LogP contribution in [0.1, 0.15) is 53.5 Å². The molecule has 0 bridgehead atoms. The molecule has 0 saturated carbocycles. The fourth-order valence-corrected chi connectivity index (χ4v) is 3.36. The van der Waals surface area contributed by atoms with Crippen molar-refractivity contribution in [3.63, 3.8) is 0 Å². The zero-order valence-electron chi connectivity index (χ0n) is 14.1. The summed E-state index contributed by atoms with van der Waals surface area (Å²) in [5.74, 6) is -0.404. The Balaban J connectivity index is 2.55. The number of aromatic nitrogens is 1. The van der Waals surface area contributed by atoms with E-state index < -0.39 is 0 Å². The first kappa shape index (κ1) is 18.2. The summed E-state index contributed by atoms with van der Waals surface area (Å²) in [7, 11) is 0. The van der Waals surface area contributed by atoms with Gasteiger partial charge in [-0.15, -0.1) is 0 Å². The number of Topliss-reactive ketones (excluding diaryl/α,β-unsaturated/α-hetero) is 1. The number of benzene rings is 1. The number of hydrogen-bond donors (Lipinski definition) is 0. The van der Waals surface area contributed by atoms with E-state index in [1.807, 2.05) is 17.6 Å². The molecule has 0 atom stereocenters. The normalized spacial score (nSPS) is 10.7. The van der Waals surface area contributed by atoms with Gasteiger partial charge in [0.2, 0.25) is 0 Å². The number of carbonyl (C=O) groups is 1. The van der Waals surface area contributed by atoms with E-state index in [0.717, 1.165) is 18.5 Å². The molecule has 0 unspecified atom stereocenters. The summed E-state index contributed by atoms with van der Waals surface area (Å²) >= 11 is 6.46. The van der Waals surface area contributed by atoms with Crippen LogP contribution in [0.5, 0.6) is 0 Å². The first-order valence-corrected chi connectivity index (χ1v) is 8.30. The Hall–Kier alpha value is -2.12. The number of unbranched alkanes of at least 4 members (excludes halogenated alkanes) is 2. The highest BCUT2D eigenvalue weighted by Gasteiger charge is 2.22. The number of carbonyl (C=O) groups excluding carboxylic acids is 1. The molecule has 126 valence electrons. The molecule has 0 aliphatic carbocycles. The van der Waals surface area contributed by atoms with Gasteiger partial charge < -0.3 is 4.57 Å². The summed E-state index contributed by atoms with van der Waals surface area (Å²) < 4.78 is 15.9. The SMILES string of the molecule is CC(=O)c1c(Cl)c(CCCCC#N)n(-c2ccc(C)c(F)c2)c1C. The van der Waals surface area contributed by atoms with Gasteiger partial charge in [0.1, 0.15) is 5.82 Å². The lowest BCUT2D eigenvalue weighted by atomic mass is 10.1. The molecule has 1 aromatic carbocycles. The van der Waals surface area contributed by atoms with E-state index in [1.165, 1.54) is 13.0 Å². The highest BCUT2D eigenvalue weighted by Crippen LogP contribution is 2.32. The van der Waals surface area contributed by atoms with Gasteiger partial charge in [-0.3, -0.25) is 4.79 Å². The Kier molecular flexibility index (Phi) is 5.80. The Morgan fingerprint density at radius 2 is 2.04 bits per heavy atom. The van der Waals surface area contributed by atoms with Crippen molar-refractivity contribution in [2.75, 3.05) is 0 Å². The zero-order chi connectivity index (χ0) is 17.9. The van der Waals surface area contributed by atoms with Crippen molar-refractivity contribution in [2.45, 2.75) is 46.5 Å². The summed E-state index contributed by atoms with van der Waals surface area (Å²) in [5.41, 5.74) is 3.21. The molecule has 0 aliphatic heterocycles. The number of nitriles is 1. The fourth-order valence-electron chi connectivity index (χ4n) is 2.91. The third kappa shape index (κ3) is 3.52. The summed E-state index contributed by atoms with van der Waals surface area (Å²) in [6, 6.07) is 7.12. The molecule has 2 aromatic rings. The largest absolute Gasteiger partial charge is 0.316 e. The summed E-state index contributed by atoms with van der Waals surface area (Å²) in [6.07, 6.45) is 2.65. The van der Waals surface area contributed by atoms with Crippen molar-refractivity contribution >= 4 is 17.4 Å². The first-order valence-electron chi connectivity index (χ1n) is 7.92. The molecule has 0 saturated heterocycles. The second kappa shape index (κ2) is 7.63. The molecule has 0 radical (unpaired) electrons. The number of halogens is 2. The minimum absolute atomic E-state index is 0.109. The second-order valence-electron chi connectivity index (χ2n) is 5.91. The average Bonchev–Trinajstić information content (AvgIpc) is 2.77. The topological polar surface area (TPSA) is 45.8 Å². The van der Waals surface area contributed by atoms with Crippen LogP contribution in [-0.2, 0) is 6.42 Å². The second-order valence-corrected chi connectivity index (χ2v) is 6.29. The minimum atomic E-state index is -0.295. The van der Waals surface area contributed by atoms with Gasteiger partial charge in [-0.25, -0.2) is 4.39 Å². The van der Waals surface area contributed by atoms with E-state index in [0.29, 0.717) is 40.4 Å². The Morgan fingerprint density at radius 3 is 2.62 bits per heavy atom. The van der Waals surface area contributed by atoms with Crippen LogP contribution in [0.2, 0.25) is 5.02 Å². The maximum atomic E-state index is 14.0. The molecule has 3 nitrogen and oxygen atoms in total. The van der Waals surface area contributed by atoms with Crippen LogP contribution in [-0.4, -0.2) is 10.4 Å². The highest BCUT2D eigenvalue weighted by atomic mass is 35.5. The molecule has 0 spiro atoms. The van der Waals surface area contributed by atoms with E-state index in [2.05, 4.69) is 6.07 Å². The van der Waals surface area contributed by atoms with Crippen LogP contribution < -0.4 is 0 Å². The zero-order valence-corrected chi connectivity index (χ0v) is 14.9. The molecule has 0 aliphatic rings. The van der Waals surface area contributed by atoms with Crippen LogP contribution in [0.4, 0.5) is 4.39 Å². The van der Waals surface area contributed by atoms with Gasteiger partial charge in [-0.1, -0.05) is 17.7 Å². The van der Waals surface area contributed by atoms with Crippen LogP contribution in [0.15, 0.2) is 18.2 Å². The maximum absolute atomic E-state index is 14.0. The third-order valence-corrected chi connectivity index (χ3v) is 4.56. The van der Waals surface area contributed by atoms with E-state index in [1.54, 1.807) is 13.0 Å². The van der Waals surface area contributed by atoms with Crippen LogP contribution in [0, 0.1) is 31.0 Å². The van der Waals surface area contributed by atoms with Gasteiger partial charge in [-0.2, -0.15) is 5.26 Å².